The average molecular weight is 226 g/mol. The molecule has 1 aliphatic rings. The molecule has 1 fully saturated rings. The molecule has 0 bridgehead atoms. The lowest BCUT2D eigenvalue weighted by molar-refractivity contribution is -0.134. The van der Waals surface area contributed by atoms with Gasteiger partial charge >= 0.3 is 5.97 Å². The number of hydrogen-bond donors (Lipinski definition) is 0. The van der Waals surface area contributed by atoms with E-state index >= 15 is 0 Å². The van der Waals surface area contributed by atoms with Gasteiger partial charge in [-0.25, -0.2) is 4.79 Å². The fraction of sp³-hybridized carbons (Fsp3) is 0.750. The first-order valence-electron chi connectivity index (χ1n) is 5.87. The van der Waals surface area contributed by atoms with E-state index < -0.39 is 0 Å². The van der Waals surface area contributed by atoms with Crippen LogP contribution in [-0.2, 0) is 9.53 Å². The Morgan fingerprint density at radius 3 is 2.62 bits per heavy atom. The number of carbonyl (C=O) groups is 1. The first-order chi connectivity index (χ1) is 7.67. The minimum atomic E-state index is -0.294. The van der Waals surface area contributed by atoms with Gasteiger partial charge in [-0.05, 0) is 19.4 Å². The Morgan fingerprint density at radius 2 is 2.12 bits per heavy atom. The van der Waals surface area contributed by atoms with Crippen molar-refractivity contribution in [2.75, 3.05) is 33.8 Å². The Kier molecular flexibility index (Phi) is 5.32. The maximum atomic E-state index is 11.0. The van der Waals surface area contributed by atoms with E-state index in [9.17, 15) is 4.79 Å². The van der Waals surface area contributed by atoms with E-state index in [1.165, 1.54) is 13.2 Å². The Bertz CT molecular complexity index is 245. The summed E-state index contributed by atoms with van der Waals surface area (Å²) in [6, 6.07) is 0.545. The van der Waals surface area contributed by atoms with Crippen molar-refractivity contribution in [3.63, 3.8) is 0 Å². The molecule has 0 spiro atoms. The van der Waals surface area contributed by atoms with Gasteiger partial charge in [0.2, 0.25) is 0 Å². The van der Waals surface area contributed by atoms with Gasteiger partial charge in [-0.1, -0.05) is 6.92 Å². The van der Waals surface area contributed by atoms with Gasteiger partial charge < -0.3 is 14.5 Å². The highest BCUT2D eigenvalue weighted by atomic mass is 16.5. The molecule has 0 radical (unpaired) electrons. The second kappa shape index (κ2) is 6.53. The quantitative estimate of drug-likeness (QED) is 0.530. The average Bonchev–Trinajstić information content (AvgIpc) is 2.35. The van der Waals surface area contributed by atoms with Gasteiger partial charge in [-0.15, -0.1) is 0 Å². The fourth-order valence-corrected chi connectivity index (χ4v) is 2.01. The van der Waals surface area contributed by atoms with Gasteiger partial charge in [-0.2, -0.15) is 0 Å². The van der Waals surface area contributed by atoms with Crippen LogP contribution in [0, 0.1) is 0 Å². The van der Waals surface area contributed by atoms with E-state index in [0.717, 1.165) is 32.5 Å². The summed E-state index contributed by atoms with van der Waals surface area (Å²) in [6.07, 6.45) is 5.62. The van der Waals surface area contributed by atoms with Gasteiger partial charge in [-0.3, -0.25) is 0 Å². The van der Waals surface area contributed by atoms with Crippen molar-refractivity contribution in [3.8, 4) is 0 Å². The fourth-order valence-electron chi connectivity index (χ4n) is 2.01. The summed E-state index contributed by atoms with van der Waals surface area (Å²) < 4.78 is 4.56. The van der Waals surface area contributed by atoms with Crippen molar-refractivity contribution >= 4 is 5.97 Å². The van der Waals surface area contributed by atoms with Crippen LogP contribution < -0.4 is 0 Å². The van der Waals surface area contributed by atoms with E-state index in [0.29, 0.717) is 6.04 Å². The van der Waals surface area contributed by atoms with E-state index in [4.69, 9.17) is 0 Å². The van der Waals surface area contributed by atoms with Crippen molar-refractivity contribution in [3.05, 3.63) is 12.3 Å². The molecule has 0 N–H and O–H groups in total. The standard InChI is InChI=1S/C12H22N2O2/c1-4-14-9-5-11(6-10-14)13(2)8-7-12(15)16-3/h7-8,11H,4-6,9-10H2,1-3H3. The maximum absolute atomic E-state index is 11.0. The largest absolute Gasteiger partial charge is 0.466 e. The summed E-state index contributed by atoms with van der Waals surface area (Å²) >= 11 is 0. The van der Waals surface area contributed by atoms with Crippen LogP contribution >= 0.6 is 0 Å². The van der Waals surface area contributed by atoms with Gasteiger partial charge in [0.05, 0.1) is 7.11 Å². The maximum Gasteiger partial charge on any atom is 0.331 e. The third-order valence-electron chi connectivity index (χ3n) is 3.23. The van der Waals surface area contributed by atoms with Crippen LogP contribution in [0.3, 0.4) is 0 Å². The van der Waals surface area contributed by atoms with Crippen LogP contribution in [0.25, 0.3) is 0 Å². The molecule has 0 aromatic rings. The molecular weight excluding hydrogens is 204 g/mol. The molecular formula is C12H22N2O2. The number of esters is 1. The highest BCUT2D eigenvalue weighted by Crippen LogP contribution is 2.15. The van der Waals surface area contributed by atoms with E-state index in [1.54, 1.807) is 0 Å². The van der Waals surface area contributed by atoms with Gasteiger partial charge in [0.15, 0.2) is 0 Å². The SMILES string of the molecule is CCN1CCC(N(C)C=CC(=O)OC)CC1. The van der Waals surface area contributed by atoms with Gasteiger partial charge in [0.25, 0.3) is 0 Å². The third-order valence-corrected chi connectivity index (χ3v) is 3.23. The molecule has 0 amide bonds. The predicted octanol–water partition coefficient (Wildman–Crippen LogP) is 1.09. The number of piperidine rings is 1. The second-order valence-corrected chi connectivity index (χ2v) is 4.17. The summed E-state index contributed by atoms with van der Waals surface area (Å²) in [5.41, 5.74) is 0. The lowest BCUT2D eigenvalue weighted by atomic mass is 10.0. The number of nitrogens with zero attached hydrogens (tertiary/aromatic N) is 2. The predicted molar refractivity (Wildman–Crippen MR) is 64.1 cm³/mol. The molecule has 0 aromatic carbocycles. The molecule has 0 aromatic heterocycles. The third kappa shape index (κ3) is 3.85. The molecule has 4 nitrogen and oxygen atoms in total. The summed E-state index contributed by atoms with van der Waals surface area (Å²) in [5, 5.41) is 0. The van der Waals surface area contributed by atoms with Crippen LogP contribution in [0.1, 0.15) is 19.8 Å². The summed E-state index contributed by atoms with van der Waals surface area (Å²) in [7, 11) is 3.41. The molecule has 0 aliphatic carbocycles. The minimum Gasteiger partial charge on any atom is -0.466 e. The molecule has 1 aliphatic heterocycles. The number of ether oxygens (including phenoxy) is 1. The summed E-state index contributed by atoms with van der Waals surface area (Å²) in [5.74, 6) is -0.294. The topological polar surface area (TPSA) is 32.8 Å². The first kappa shape index (κ1) is 13.0. The van der Waals surface area contributed by atoms with Crippen molar-refractivity contribution in [1.82, 2.24) is 9.80 Å². The molecule has 1 saturated heterocycles. The Labute approximate surface area is 97.9 Å². The lowest BCUT2D eigenvalue weighted by Gasteiger charge is -2.35. The van der Waals surface area contributed by atoms with Crippen LogP contribution in [0.5, 0.6) is 0 Å². The zero-order valence-electron chi connectivity index (χ0n) is 10.5. The first-order valence-corrected chi connectivity index (χ1v) is 5.87. The highest BCUT2D eigenvalue weighted by Gasteiger charge is 2.19. The van der Waals surface area contributed by atoms with Crippen LogP contribution in [0.15, 0.2) is 12.3 Å². The summed E-state index contributed by atoms with van der Waals surface area (Å²) in [4.78, 5) is 15.5. The number of hydrogen-bond acceptors (Lipinski definition) is 4. The molecule has 16 heavy (non-hydrogen) atoms. The van der Waals surface area contributed by atoms with Crippen LogP contribution in [0.2, 0.25) is 0 Å². The molecule has 0 atom stereocenters. The zero-order valence-corrected chi connectivity index (χ0v) is 10.5. The highest BCUT2D eigenvalue weighted by molar-refractivity contribution is 5.81. The van der Waals surface area contributed by atoms with Crippen LogP contribution in [0.4, 0.5) is 0 Å². The lowest BCUT2D eigenvalue weighted by Crippen LogP contribution is -2.41. The number of rotatable bonds is 4. The van der Waals surface area contributed by atoms with Gasteiger partial charge in [0, 0.05) is 38.5 Å². The number of likely N-dealkylation sites (tertiary alicyclic amines) is 1. The van der Waals surface area contributed by atoms with E-state index in [1.807, 2.05) is 13.2 Å². The Balaban J connectivity index is 2.35. The molecule has 0 unspecified atom stereocenters. The van der Waals surface area contributed by atoms with E-state index in [2.05, 4.69) is 21.5 Å². The molecule has 4 heteroatoms. The minimum absolute atomic E-state index is 0.294. The molecule has 0 saturated carbocycles. The zero-order chi connectivity index (χ0) is 12.0. The summed E-state index contributed by atoms with van der Waals surface area (Å²) in [6.45, 7) is 5.63. The smallest absolute Gasteiger partial charge is 0.331 e. The van der Waals surface area contributed by atoms with Crippen LogP contribution in [-0.4, -0.2) is 55.6 Å². The van der Waals surface area contributed by atoms with Gasteiger partial charge in [0.1, 0.15) is 0 Å². The molecule has 92 valence electrons. The Hall–Kier alpha value is -1.03. The number of carbonyl (C=O) groups excluding carboxylic acids is 1. The molecule has 1 heterocycles. The van der Waals surface area contributed by atoms with Crippen molar-refractivity contribution in [2.45, 2.75) is 25.8 Å². The molecule has 1 rings (SSSR count). The van der Waals surface area contributed by atoms with E-state index in [-0.39, 0.29) is 5.97 Å². The number of methoxy groups -OCH3 is 1. The normalized spacial score (nSPS) is 18.9. The Morgan fingerprint density at radius 1 is 1.50 bits per heavy atom. The second-order valence-electron chi connectivity index (χ2n) is 4.17. The monoisotopic (exact) mass is 226 g/mol. The van der Waals surface area contributed by atoms with Crippen molar-refractivity contribution in [2.24, 2.45) is 0 Å². The van der Waals surface area contributed by atoms with Crippen molar-refractivity contribution in [1.29, 1.82) is 0 Å². The van der Waals surface area contributed by atoms with Crippen molar-refractivity contribution < 1.29 is 9.53 Å².